The number of pyridine rings is 1. The molecule has 24 heavy (non-hydrogen) atoms. The van der Waals surface area contributed by atoms with Crippen molar-refractivity contribution in [2.24, 2.45) is 7.05 Å². The highest BCUT2D eigenvalue weighted by Gasteiger charge is 2.23. The molecule has 5 nitrogen and oxygen atoms in total. The zero-order valence-electron chi connectivity index (χ0n) is 13.8. The molecule has 1 atom stereocenters. The molecular formula is C18H21N5S. The third-order valence-electron chi connectivity index (χ3n) is 4.64. The summed E-state index contributed by atoms with van der Waals surface area (Å²) < 4.78 is 2.02. The summed E-state index contributed by atoms with van der Waals surface area (Å²) in [6.45, 7) is 3.15. The number of aryl methyl sites for hydroxylation is 1. The van der Waals surface area contributed by atoms with Crippen LogP contribution in [0.25, 0.3) is 11.4 Å². The monoisotopic (exact) mass is 339 g/mol. The fraction of sp³-hybridized carbons (Fsp3) is 0.389. The number of hydrogen-bond acceptors (Lipinski definition) is 5. The summed E-state index contributed by atoms with van der Waals surface area (Å²) in [4.78, 5) is 16.1. The summed E-state index contributed by atoms with van der Waals surface area (Å²) >= 11 is 1.67. The lowest BCUT2D eigenvalue weighted by Crippen LogP contribution is -2.34. The smallest absolute Gasteiger partial charge is 0.0948 e. The predicted octanol–water partition coefficient (Wildman–Crippen LogP) is 3.32. The summed E-state index contributed by atoms with van der Waals surface area (Å²) in [5.74, 6) is 0.491. The van der Waals surface area contributed by atoms with Crippen molar-refractivity contribution in [3.63, 3.8) is 0 Å². The number of imidazole rings is 1. The van der Waals surface area contributed by atoms with Gasteiger partial charge in [-0.15, -0.1) is 11.3 Å². The van der Waals surface area contributed by atoms with Crippen molar-refractivity contribution in [1.29, 1.82) is 0 Å². The van der Waals surface area contributed by atoms with Gasteiger partial charge in [0.25, 0.3) is 0 Å². The van der Waals surface area contributed by atoms with Crippen LogP contribution in [0.1, 0.15) is 30.1 Å². The van der Waals surface area contributed by atoms with Gasteiger partial charge in [-0.2, -0.15) is 0 Å². The van der Waals surface area contributed by atoms with E-state index in [1.54, 1.807) is 11.3 Å². The Morgan fingerprint density at radius 1 is 1.33 bits per heavy atom. The van der Waals surface area contributed by atoms with Gasteiger partial charge in [0.05, 0.1) is 35.1 Å². The molecule has 0 bridgehead atoms. The molecule has 4 heterocycles. The lowest BCUT2D eigenvalue weighted by Gasteiger charge is -2.32. The first-order valence-corrected chi connectivity index (χ1v) is 9.27. The molecule has 1 aliphatic heterocycles. The molecule has 0 amide bonds. The minimum absolute atomic E-state index is 0.491. The minimum atomic E-state index is 0.491. The number of likely N-dealkylation sites (tertiary alicyclic amines) is 1. The SMILES string of the molecule is Cn1cncc1-c1cccc(C2CCCN(Cc3cscn3)C2)n1. The second-order valence-electron chi connectivity index (χ2n) is 6.39. The van der Waals surface area contributed by atoms with Crippen molar-refractivity contribution in [3.8, 4) is 11.4 Å². The van der Waals surface area contributed by atoms with Gasteiger partial charge in [0.2, 0.25) is 0 Å². The van der Waals surface area contributed by atoms with Crippen LogP contribution in [0.15, 0.2) is 41.6 Å². The first-order valence-electron chi connectivity index (χ1n) is 8.32. The van der Waals surface area contributed by atoms with Gasteiger partial charge in [-0.3, -0.25) is 9.88 Å². The Bertz CT molecular complexity index is 795. The van der Waals surface area contributed by atoms with Crippen molar-refractivity contribution in [2.45, 2.75) is 25.3 Å². The van der Waals surface area contributed by atoms with Crippen LogP contribution in [-0.4, -0.2) is 37.5 Å². The number of aromatic nitrogens is 4. The van der Waals surface area contributed by atoms with Gasteiger partial charge in [0.1, 0.15) is 0 Å². The van der Waals surface area contributed by atoms with Crippen LogP contribution in [-0.2, 0) is 13.6 Å². The van der Waals surface area contributed by atoms with Crippen LogP contribution in [0.5, 0.6) is 0 Å². The Balaban J connectivity index is 1.52. The van der Waals surface area contributed by atoms with Crippen LogP contribution in [0.4, 0.5) is 0 Å². The summed E-state index contributed by atoms with van der Waals surface area (Å²) in [5.41, 5.74) is 6.35. The van der Waals surface area contributed by atoms with Crippen molar-refractivity contribution in [1.82, 2.24) is 24.4 Å². The highest BCUT2D eigenvalue weighted by molar-refractivity contribution is 7.07. The Hall–Kier alpha value is -2.05. The lowest BCUT2D eigenvalue weighted by atomic mass is 9.94. The molecule has 1 fully saturated rings. The minimum Gasteiger partial charge on any atom is -0.332 e. The van der Waals surface area contributed by atoms with Gasteiger partial charge >= 0.3 is 0 Å². The highest BCUT2D eigenvalue weighted by Crippen LogP contribution is 2.28. The van der Waals surface area contributed by atoms with Crippen molar-refractivity contribution < 1.29 is 0 Å². The summed E-state index contributed by atoms with van der Waals surface area (Å²) in [5, 5.41) is 2.14. The van der Waals surface area contributed by atoms with E-state index in [2.05, 4.69) is 38.4 Å². The number of piperidine rings is 1. The van der Waals surface area contributed by atoms with Gasteiger partial charge < -0.3 is 4.57 Å². The van der Waals surface area contributed by atoms with E-state index in [4.69, 9.17) is 4.98 Å². The molecule has 0 saturated carbocycles. The molecule has 0 N–H and O–H groups in total. The fourth-order valence-corrected chi connectivity index (χ4v) is 3.96. The zero-order chi connectivity index (χ0) is 16.4. The summed E-state index contributed by atoms with van der Waals surface area (Å²) in [7, 11) is 2.01. The Morgan fingerprint density at radius 2 is 2.29 bits per heavy atom. The van der Waals surface area contributed by atoms with Crippen LogP contribution in [0.3, 0.4) is 0 Å². The highest BCUT2D eigenvalue weighted by atomic mass is 32.1. The van der Waals surface area contributed by atoms with E-state index < -0.39 is 0 Å². The van der Waals surface area contributed by atoms with E-state index in [1.165, 1.54) is 24.2 Å². The third-order valence-corrected chi connectivity index (χ3v) is 5.28. The van der Waals surface area contributed by atoms with Gasteiger partial charge in [0.15, 0.2) is 0 Å². The first kappa shape index (κ1) is 15.5. The van der Waals surface area contributed by atoms with Crippen LogP contribution < -0.4 is 0 Å². The van der Waals surface area contributed by atoms with Gasteiger partial charge in [-0.1, -0.05) is 6.07 Å². The average molecular weight is 339 g/mol. The van der Waals surface area contributed by atoms with E-state index in [0.29, 0.717) is 5.92 Å². The molecule has 0 aromatic carbocycles. The molecule has 4 rings (SSSR count). The molecular weight excluding hydrogens is 318 g/mol. The molecule has 0 spiro atoms. The van der Waals surface area contributed by atoms with Gasteiger partial charge in [0, 0.05) is 37.1 Å². The summed E-state index contributed by atoms with van der Waals surface area (Å²) in [6, 6.07) is 6.34. The molecule has 3 aromatic rings. The zero-order valence-corrected chi connectivity index (χ0v) is 14.6. The number of hydrogen-bond donors (Lipinski definition) is 0. The van der Waals surface area contributed by atoms with Gasteiger partial charge in [-0.05, 0) is 31.5 Å². The number of nitrogens with zero attached hydrogens (tertiary/aromatic N) is 5. The second-order valence-corrected chi connectivity index (χ2v) is 7.11. The Labute approximate surface area is 146 Å². The van der Waals surface area contributed by atoms with Crippen LogP contribution in [0, 0.1) is 0 Å². The van der Waals surface area contributed by atoms with Crippen molar-refractivity contribution >= 4 is 11.3 Å². The predicted molar refractivity (Wildman–Crippen MR) is 95.8 cm³/mol. The Morgan fingerprint density at radius 3 is 3.08 bits per heavy atom. The van der Waals surface area contributed by atoms with Crippen LogP contribution >= 0.6 is 11.3 Å². The van der Waals surface area contributed by atoms with E-state index >= 15 is 0 Å². The molecule has 6 heteroatoms. The van der Waals surface area contributed by atoms with E-state index in [-0.39, 0.29) is 0 Å². The van der Waals surface area contributed by atoms with E-state index in [0.717, 1.165) is 31.0 Å². The first-order chi connectivity index (χ1) is 11.8. The summed E-state index contributed by atoms with van der Waals surface area (Å²) in [6.07, 6.45) is 6.11. The Kier molecular flexibility index (Phi) is 4.40. The van der Waals surface area contributed by atoms with Crippen molar-refractivity contribution in [3.05, 3.63) is 53.0 Å². The van der Waals surface area contributed by atoms with E-state index in [9.17, 15) is 0 Å². The lowest BCUT2D eigenvalue weighted by molar-refractivity contribution is 0.197. The van der Waals surface area contributed by atoms with Crippen molar-refractivity contribution in [2.75, 3.05) is 13.1 Å². The average Bonchev–Trinajstić information content (AvgIpc) is 3.27. The maximum absolute atomic E-state index is 4.93. The molecule has 0 radical (unpaired) electrons. The maximum atomic E-state index is 4.93. The second kappa shape index (κ2) is 6.83. The molecule has 1 saturated heterocycles. The van der Waals surface area contributed by atoms with Crippen LogP contribution in [0.2, 0.25) is 0 Å². The fourth-order valence-electron chi connectivity index (χ4n) is 3.41. The van der Waals surface area contributed by atoms with Gasteiger partial charge in [-0.25, -0.2) is 9.97 Å². The topological polar surface area (TPSA) is 46.8 Å². The molecule has 0 aliphatic carbocycles. The quantitative estimate of drug-likeness (QED) is 0.731. The molecule has 124 valence electrons. The number of rotatable bonds is 4. The number of thiazole rings is 1. The third kappa shape index (κ3) is 3.25. The standard InChI is InChI=1S/C18H21N5S/c1-22-12-19-8-18(22)17-6-2-5-16(21-17)14-4-3-7-23(9-14)10-15-11-24-13-20-15/h2,5-6,8,11-14H,3-4,7,9-10H2,1H3. The largest absolute Gasteiger partial charge is 0.332 e. The van der Waals surface area contributed by atoms with E-state index in [1.807, 2.05) is 29.6 Å². The molecule has 3 aromatic heterocycles. The molecule has 1 aliphatic rings. The maximum Gasteiger partial charge on any atom is 0.0948 e. The molecule has 1 unspecified atom stereocenters. The normalized spacial score (nSPS) is 18.8.